The molecule has 0 radical (unpaired) electrons. The Balaban J connectivity index is 1.37. The molecular formula is C18H23N3O2S. The number of hydrogen-bond donors (Lipinski definition) is 0. The molecule has 4 rings (SSSR count). The highest BCUT2D eigenvalue weighted by Crippen LogP contribution is 2.33. The largest absolute Gasteiger partial charge is 0.373 e. The number of fused-ring (bicyclic) bond motifs is 1. The van der Waals surface area contributed by atoms with Crippen LogP contribution in [0.1, 0.15) is 29.2 Å². The van der Waals surface area contributed by atoms with Crippen molar-refractivity contribution in [3.05, 3.63) is 46.2 Å². The zero-order valence-electron chi connectivity index (χ0n) is 13.9. The van der Waals surface area contributed by atoms with Gasteiger partial charge >= 0.3 is 0 Å². The maximum Gasteiger partial charge on any atom is 0.0992 e. The van der Waals surface area contributed by atoms with Crippen molar-refractivity contribution in [3.63, 3.8) is 0 Å². The van der Waals surface area contributed by atoms with Crippen molar-refractivity contribution in [3.8, 4) is 0 Å². The minimum Gasteiger partial charge on any atom is -0.373 e. The first-order chi connectivity index (χ1) is 11.8. The summed E-state index contributed by atoms with van der Waals surface area (Å²) in [7, 11) is 0. The second-order valence-corrected chi connectivity index (χ2v) is 7.54. The lowest BCUT2D eigenvalue weighted by Gasteiger charge is -2.38. The quantitative estimate of drug-likeness (QED) is 0.834. The zero-order chi connectivity index (χ0) is 16.4. The van der Waals surface area contributed by atoms with Crippen LogP contribution in [0.25, 0.3) is 0 Å². The molecule has 5 nitrogen and oxygen atoms in total. The van der Waals surface area contributed by atoms with E-state index in [1.165, 1.54) is 0 Å². The van der Waals surface area contributed by atoms with Gasteiger partial charge in [-0.1, -0.05) is 6.07 Å². The first-order valence-corrected chi connectivity index (χ1v) is 9.46. The van der Waals surface area contributed by atoms with Crippen LogP contribution in [0.5, 0.6) is 0 Å². The highest BCUT2D eigenvalue weighted by atomic mass is 32.1. The van der Waals surface area contributed by atoms with Crippen LogP contribution < -0.4 is 0 Å². The molecule has 1 saturated carbocycles. The van der Waals surface area contributed by atoms with Crippen molar-refractivity contribution in [2.24, 2.45) is 0 Å². The highest BCUT2D eigenvalue weighted by molar-refractivity contribution is 7.09. The van der Waals surface area contributed by atoms with Gasteiger partial charge in [0.25, 0.3) is 0 Å². The lowest BCUT2D eigenvalue weighted by molar-refractivity contribution is -0.119. The van der Waals surface area contributed by atoms with Crippen molar-refractivity contribution >= 4 is 11.3 Å². The summed E-state index contributed by atoms with van der Waals surface area (Å²) in [6.45, 7) is 5.24. The van der Waals surface area contributed by atoms with Gasteiger partial charge in [0.2, 0.25) is 0 Å². The van der Waals surface area contributed by atoms with Gasteiger partial charge in [-0.25, -0.2) is 4.98 Å². The van der Waals surface area contributed by atoms with Gasteiger partial charge in [-0.05, 0) is 31.9 Å². The summed E-state index contributed by atoms with van der Waals surface area (Å²) in [4.78, 5) is 11.5. The fraction of sp³-hybridized carbons (Fsp3) is 0.556. The molecular weight excluding hydrogens is 322 g/mol. The van der Waals surface area contributed by atoms with Crippen molar-refractivity contribution in [2.75, 3.05) is 13.2 Å². The van der Waals surface area contributed by atoms with Crippen molar-refractivity contribution in [1.29, 1.82) is 0 Å². The minimum atomic E-state index is 0.169. The highest BCUT2D eigenvalue weighted by Gasteiger charge is 2.43. The number of nitrogens with zero attached hydrogens (tertiary/aromatic N) is 3. The van der Waals surface area contributed by atoms with E-state index in [-0.39, 0.29) is 12.2 Å². The third-order valence-electron chi connectivity index (χ3n) is 4.85. The fourth-order valence-electron chi connectivity index (χ4n) is 3.73. The maximum atomic E-state index is 6.15. The van der Waals surface area contributed by atoms with E-state index in [1.54, 1.807) is 11.3 Å². The van der Waals surface area contributed by atoms with Crippen molar-refractivity contribution in [1.82, 2.24) is 14.9 Å². The molecule has 2 aromatic rings. The van der Waals surface area contributed by atoms with Crippen LogP contribution in [0, 0.1) is 6.92 Å². The van der Waals surface area contributed by atoms with Gasteiger partial charge in [0.15, 0.2) is 0 Å². The normalized spacial score (nSPS) is 27.3. The number of rotatable bonds is 5. The van der Waals surface area contributed by atoms with Gasteiger partial charge in [-0.3, -0.25) is 9.88 Å². The van der Waals surface area contributed by atoms with Gasteiger partial charge in [-0.15, -0.1) is 11.3 Å². The molecule has 0 spiro atoms. The van der Waals surface area contributed by atoms with Crippen LogP contribution in [-0.2, 0) is 22.6 Å². The van der Waals surface area contributed by atoms with Crippen LogP contribution in [0.15, 0.2) is 29.8 Å². The maximum absolute atomic E-state index is 6.15. The molecule has 3 heterocycles. The molecule has 1 aliphatic heterocycles. The van der Waals surface area contributed by atoms with Crippen LogP contribution >= 0.6 is 11.3 Å². The molecule has 2 fully saturated rings. The number of ether oxygens (including phenoxy) is 2. The Morgan fingerprint density at radius 3 is 3.08 bits per heavy atom. The monoisotopic (exact) mass is 345 g/mol. The zero-order valence-corrected chi connectivity index (χ0v) is 14.7. The van der Waals surface area contributed by atoms with Crippen LogP contribution in [0.4, 0.5) is 0 Å². The Labute approximate surface area is 146 Å². The van der Waals surface area contributed by atoms with Gasteiger partial charge < -0.3 is 9.47 Å². The molecule has 1 saturated heterocycles. The molecule has 6 heteroatoms. The third kappa shape index (κ3) is 3.52. The predicted molar refractivity (Wildman–Crippen MR) is 92.8 cm³/mol. The molecule has 0 aromatic carbocycles. The molecule has 1 aliphatic carbocycles. The molecule has 3 atom stereocenters. The molecule has 2 aromatic heterocycles. The Kier molecular flexibility index (Phi) is 4.89. The van der Waals surface area contributed by atoms with E-state index >= 15 is 0 Å². The van der Waals surface area contributed by atoms with Crippen molar-refractivity contribution in [2.45, 2.75) is 51.2 Å². The number of morpholine rings is 1. The topological polar surface area (TPSA) is 47.5 Å². The van der Waals surface area contributed by atoms with Gasteiger partial charge in [-0.2, -0.15) is 0 Å². The molecule has 0 bridgehead atoms. The molecule has 2 aliphatic rings. The van der Waals surface area contributed by atoms with E-state index < -0.39 is 0 Å². The summed E-state index contributed by atoms with van der Waals surface area (Å²) in [5.74, 6) is 0. The first kappa shape index (κ1) is 16.1. The SMILES string of the molecule is Cc1nc(CO[C@@H]2CC[C@H]3[C@H]2OCCN3Cc2ccccn2)cs1. The molecule has 0 unspecified atom stereocenters. The smallest absolute Gasteiger partial charge is 0.0992 e. The standard InChI is InChI=1S/C18H23N3O2S/c1-13-20-15(12-24-13)11-23-17-6-5-16-18(17)22-9-8-21(16)10-14-4-2-3-7-19-14/h2-4,7,12,16-18H,5-6,8-11H2,1H3/t16-,17+,18+/m0/s1. The Morgan fingerprint density at radius 1 is 1.33 bits per heavy atom. The molecule has 0 amide bonds. The van der Waals surface area contributed by atoms with Gasteiger partial charge in [0.05, 0.1) is 41.8 Å². The predicted octanol–water partition coefficient (Wildman–Crippen LogP) is 2.80. The Hall–Kier alpha value is -1.34. The van der Waals surface area contributed by atoms with Gasteiger partial charge in [0, 0.05) is 30.7 Å². The summed E-state index contributed by atoms with van der Waals surface area (Å²) in [5, 5.41) is 3.17. The summed E-state index contributed by atoms with van der Waals surface area (Å²) in [6, 6.07) is 6.54. The van der Waals surface area contributed by atoms with E-state index in [4.69, 9.17) is 9.47 Å². The van der Waals surface area contributed by atoms with Crippen LogP contribution in [-0.4, -0.2) is 46.3 Å². The summed E-state index contributed by atoms with van der Waals surface area (Å²) >= 11 is 1.67. The summed E-state index contributed by atoms with van der Waals surface area (Å²) < 4.78 is 12.2. The Bertz CT molecular complexity index is 663. The lowest BCUT2D eigenvalue weighted by Crippen LogP contribution is -2.51. The second-order valence-electron chi connectivity index (χ2n) is 6.48. The number of aromatic nitrogens is 2. The van der Waals surface area contributed by atoms with E-state index in [2.05, 4.69) is 32.4 Å². The third-order valence-corrected chi connectivity index (χ3v) is 5.68. The fourth-order valence-corrected chi connectivity index (χ4v) is 4.33. The van der Waals surface area contributed by atoms with Crippen LogP contribution in [0.3, 0.4) is 0 Å². The van der Waals surface area contributed by atoms with E-state index in [0.29, 0.717) is 12.6 Å². The first-order valence-electron chi connectivity index (χ1n) is 8.58. The van der Waals surface area contributed by atoms with E-state index in [9.17, 15) is 0 Å². The number of pyridine rings is 1. The van der Waals surface area contributed by atoms with E-state index in [1.807, 2.05) is 19.2 Å². The van der Waals surface area contributed by atoms with Crippen molar-refractivity contribution < 1.29 is 9.47 Å². The molecule has 128 valence electrons. The molecule has 24 heavy (non-hydrogen) atoms. The van der Waals surface area contributed by atoms with Crippen LogP contribution in [0.2, 0.25) is 0 Å². The van der Waals surface area contributed by atoms with Gasteiger partial charge in [0.1, 0.15) is 0 Å². The second kappa shape index (κ2) is 7.27. The number of hydrogen-bond acceptors (Lipinski definition) is 6. The van der Waals surface area contributed by atoms with E-state index in [0.717, 1.165) is 48.9 Å². The number of thiazole rings is 1. The minimum absolute atomic E-state index is 0.169. The summed E-state index contributed by atoms with van der Waals surface area (Å²) in [5.41, 5.74) is 2.16. The molecule has 0 N–H and O–H groups in total. The average molecular weight is 345 g/mol. The Morgan fingerprint density at radius 2 is 2.29 bits per heavy atom. The summed E-state index contributed by atoms with van der Waals surface area (Å²) in [6.07, 6.45) is 4.38. The number of aryl methyl sites for hydroxylation is 1. The lowest BCUT2D eigenvalue weighted by atomic mass is 10.1. The average Bonchev–Trinajstić information content (AvgIpc) is 3.21.